The summed E-state index contributed by atoms with van der Waals surface area (Å²) >= 11 is 0. The van der Waals surface area contributed by atoms with Crippen LogP contribution in [0.4, 0.5) is 26.9 Å². The summed E-state index contributed by atoms with van der Waals surface area (Å²) in [6.45, 7) is 1.98. The Hall–Kier alpha value is -5.04. The lowest BCUT2D eigenvalue weighted by atomic mass is 10.1. The molecule has 0 atom stereocenters. The molecule has 4 N–H and O–H groups in total. The van der Waals surface area contributed by atoms with Crippen LogP contribution < -0.4 is 20.8 Å². The molecule has 0 unspecified atom stereocenters. The highest BCUT2D eigenvalue weighted by molar-refractivity contribution is 6.00. The van der Waals surface area contributed by atoms with Crippen LogP contribution in [0, 0.1) is 11.3 Å². The van der Waals surface area contributed by atoms with Crippen LogP contribution in [0.1, 0.15) is 18.1 Å². The molecule has 0 fully saturated rings. The summed E-state index contributed by atoms with van der Waals surface area (Å²) in [6, 6.07) is 20.2. The average molecular weight is 456 g/mol. The Balaban J connectivity index is 1.57. The normalized spacial score (nSPS) is 10.4. The highest BCUT2D eigenvalue weighted by Gasteiger charge is 2.17. The van der Waals surface area contributed by atoms with E-state index in [9.17, 15) is 14.7 Å². The van der Waals surface area contributed by atoms with Gasteiger partial charge in [0.15, 0.2) is 5.75 Å². The fourth-order valence-electron chi connectivity index (χ4n) is 3.38. The third-order valence-electron chi connectivity index (χ3n) is 4.86. The van der Waals surface area contributed by atoms with Gasteiger partial charge in [0, 0.05) is 17.4 Å². The van der Waals surface area contributed by atoms with Gasteiger partial charge >= 0.3 is 12.1 Å². The number of amides is 3. The van der Waals surface area contributed by atoms with Crippen molar-refractivity contribution in [1.29, 1.82) is 5.26 Å². The van der Waals surface area contributed by atoms with Gasteiger partial charge in [-0.15, -0.1) is 4.73 Å². The van der Waals surface area contributed by atoms with Gasteiger partial charge in [0.25, 0.3) is 0 Å². The summed E-state index contributed by atoms with van der Waals surface area (Å²) in [7, 11) is 0. The summed E-state index contributed by atoms with van der Waals surface area (Å²) in [6.07, 6.45) is -0.558. The molecule has 1 aromatic heterocycles. The molecule has 0 bridgehead atoms. The Bertz CT molecular complexity index is 1420. The lowest BCUT2D eigenvalue weighted by Gasteiger charge is -2.12. The number of rotatable bonds is 6. The van der Waals surface area contributed by atoms with E-state index in [0.29, 0.717) is 40.1 Å². The predicted octanol–water partition coefficient (Wildman–Crippen LogP) is 5.05. The van der Waals surface area contributed by atoms with E-state index in [0.717, 1.165) is 5.56 Å². The van der Waals surface area contributed by atoms with Gasteiger partial charge in [0.05, 0.1) is 17.1 Å². The zero-order chi connectivity index (χ0) is 24.1. The van der Waals surface area contributed by atoms with E-state index in [1.165, 1.54) is 4.73 Å². The highest BCUT2D eigenvalue weighted by Crippen LogP contribution is 2.26. The second-order valence-electron chi connectivity index (χ2n) is 7.19. The molecule has 34 heavy (non-hydrogen) atoms. The molecule has 0 aliphatic carbocycles. The topological polar surface area (TPSA) is 141 Å². The molecule has 0 aliphatic rings. The number of benzene rings is 3. The van der Waals surface area contributed by atoms with Gasteiger partial charge < -0.3 is 20.6 Å². The Morgan fingerprint density at radius 3 is 2.44 bits per heavy atom. The number of aromatic nitrogens is 2. The number of anilines is 3. The number of imidazole rings is 1. The van der Waals surface area contributed by atoms with Crippen LogP contribution in [0.25, 0.3) is 11.0 Å². The summed E-state index contributed by atoms with van der Waals surface area (Å²) in [5.74, 6) is 0.357. The summed E-state index contributed by atoms with van der Waals surface area (Å²) < 4.78 is 1.30. The minimum Gasteiger partial charge on any atom is -0.465 e. The largest absolute Gasteiger partial charge is 0.465 e. The second-order valence-corrected chi connectivity index (χ2v) is 7.19. The smallest absolute Gasteiger partial charge is 0.411 e. The molecule has 10 nitrogen and oxygen atoms in total. The molecule has 170 valence electrons. The van der Waals surface area contributed by atoms with E-state index in [1.807, 2.05) is 25.1 Å². The first-order valence-corrected chi connectivity index (χ1v) is 10.3. The van der Waals surface area contributed by atoms with Crippen molar-refractivity contribution in [1.82, 2.24) is 9.71 Å². The maximum atomic E-state index is 12.4. The molecule has 10 heteroatoms. The molecular formula is C24H20N6O4. The van der Waals surface area contributed by atoms with Crippen molar-refractivity contribution in [3.05, 3.63) is 77.9 Å². The zero-order valence-corrected chi connectivity index (χ0v) is 18.1. The maximum absolute atomic E-state index is 12.4. The summed E-state index contributed by atoms with van der Waals surface area (Å²) in [5.41, 5.74) is 3.51. The number of nitrogens with zero attached hydrogens (tertiary/aromatic N) is 3. The maximum Gasteiger partial charge on any atom is 0.411 e. The summed E-state index contributed by atoms with van der Waals surface area (Å²) in [5, 5.41) is 25.8. The van der Waals surface area contributed by atoms with Gasteiger partial charge in [0.2, 0.25) is 5.95 Å². The molecule has 0 saturated heterocycles. The summed E-state index contributed by atoms with van der Waals surface area (Å²) in [4.78, 5) is 34.0. The molecular weight excluding hydrogens is 436 g/mol. The molecule has 1 heterocycles. The first-order valence-electron chi connectivity index (χ1n) is 10.3. The number of carbonyl (C=O) groups is 2. The second kappa shape index (κ2) is 9.62. The minimum absolute atomic E-state index is 0.0110. The van der Waals surface area contributed by atoms with Crippen molar-refractivity contribution in [2.24, 2.45) is 0 Å². The van der Waals surface area contributed by atoms with Gasteiger partial charge in [-0.05, 0) is 48.4 Å². The average Bonchev–Trinajstić information content (AvgIpc) is 3.15. The first-order chi connectivity index (χ1) is 16.5. The molecule has 0 radical (unpaired) electrons. The van der Waals surface area contributed by atoms with Gasteiger partial charge in [0.1, 0.15) is 5.52 Å². The van der Waals surface area contributed by atoms with Crippen LogP contribution in [0.5, 0.6) is 5.75 Å². The molecule has 3 amide bonds. The van der Waals surface area contributed by atoms with Crippen LogP contribution in [0.15, 0.2) is 66.7 Å². The van der Waals surface area contributed by atoms with Crippen molar-refractivity contribution in [3.63, 3.8) is 0 Å². The third-order valence-corrected chi connectivity index (χ3v) is 4.86. The van der Waals surface area contributed by atoms with Crippen LogP contribution in [-0.2, 0) is 6.42 Å². The molecule has 0 aliphatic heterocycles. The Morgan fingerprint density at radius 2 is 1.74 bits per heavy atom. The van der Waals surface area contributed by atoms with E-state index in [2.05, 4.69) is 20.9 Å². The highest BCUT2D eigenvalue weighted by atomic mass is 16.7. The lowest BCUT2D eigenvalue weighted by Crippen LogP contribution is -2.19. The number of carboxylic acid groups (broad SMARTS) is 1. The number of aryl methyl sites for hydroxylation is 1. The molecule has 0 spiro atoms. The van der Waals surface area contributed by atoms with Crippen molar-refractivity contribution in [2.45, 2.75) is 13.3 Å². The lowest BCUT2D eigenvalue weighted by molar-refractivity contribution is 0.205. The number of hydrogen-bond donors (Lipinski definition) is 4. The number of carbonyl (C=O) groups excluding carboxylic acids is 1. The van der Waals surface area contributed by atoms with E-state index < -0.39 is 12.1 Å². The Kier molecular flexibility index (Phi) is 6.27. The number of urea groups is 1. The molecule has 3 aromatic carbocycles. The van der Waals surface area contributed by atoms with Gasteiger partial charge in [-0.1, -0.05) is 31.2 Å². The van der Waals surface area contributed by atoms with Gasteiger partial charge in [-0.2, -0.15) is 5.26 Å². The van der Waals surface area contributed by atoms with E-state index >= 15 is 0 Å². The van der Waals surface area contributed by atoms with E-state index in [4.69, 9.17) is 10.1 Å². The van der Waals surface area contributed by atoms with Crippen LogP contribution in [0.3, 0.4) is 0 Å². The van der Waals surface area contributed by atoms with E-state index in [-0.39, 0.29) is 5.95 Å². The molecule has 4 aromatic rings. The third kappa shape index (κ3) is 4.89. The van der Waals surface area contributed by atoms with Crippen LogP contribution in [0.2, 0.25) is 0 Å². The monoisotopic (exact) mass is 456 g/mol. The number of para-hydroxylation sites is 1. The molecule has 0 saturated carbocycles. The van der Waals surface area contributed by atoms with E-state index in [1.54, 1.807) is 54.6 Å². The van der Waals surface area contributed by atoms with Crippen LogP contribution in [-0.4, -0.2) is 26.9 Å². The SMILES string of the molecule is CCc1cccc2c1nc(NC(=O)O)n2Oc1cccc(NC(=O)Nc2cccc(C#N)c2)c1. The fraction of sp³-hybridized carbons (Fsp3) is 0.0833. The Morgan fingerprint density at radius 1 is 1.03 bits per heavy atom. The van der Waals surface area contributed by atoms with Crippen molar-refractivity contribution < 1.29 is 19.5 Å². The van der Waals surface area contributed by atoms with Crippen LogP contribution >= 0.6 is 0 Å². The fourth-order valence-corrected chi connectivity index (χ4v) is 3.38. The van der Waals surface area contributed by atoms with Gasteiger partial charge in [-0.3, -0.25) is 5.32 Å². The van der Waals surface area contributed by atoms with Gasteiger partial charge in [-0.25, -0.2) is 14.6 Å². The van der Waals surface area contributed by atoms with Crippen molar-refractivity contribution >= 4 is 40.5 Å². The predicted molar refractivity (Wildman–Crippen MR) is 127 cm³/mol. The number of nitriles is 1. The van der Waals surface area contributed by atoms with Crippen molar-refractivity contribution in [3.8, 4) is 11.8 Å². The molecule has 4 rings (SSSR count). The zero-order valence-electron chi connectivity index (χ0n) is 18.1. The quantitative estimate of drug-likeness (QED) is 0.320. The number of hydrogen-bond acceptors (Lipinski definition) is 5. The minimum atomic E-state index is -1.27. The first kappa shape index (κ1) is 22.2. The Labute approximate surface area is 194 Å². The number of nitrogens with one attached hydrogen (secondary N) is 3. The van der Waals surface area contributed by atoms with Crippen molar-refractivity contribution in [2.75, 3.05) is 16.0 Å². The standard InChI is InChI=1S/C24H20N6O4/c1-2-16-7-4-11-20-21(16)28-22(29-24(32)33)30(20)34-19-10-5-9-18(13-19)27-23(31)26-17-8-3-6-15(12-17)14-25/h3-13H,2H2,1H3,(H,28,29)(H,32,33)(H2,26,27,31). The number of fused-ring (bicyclic) bond motifs is 1.